The molecule has 0 aliphatic heterocycles. The number of benzene rings is 1. The molecule has 0 aromatic heterocycles. The van der Waals surface area contributed by atoms with Crippen LogP contribution < -0.4 is 11.1 Å². The lowest BCUT2D eigenvalue weighted by atomic mass is 10.0. The van der Waals surface area contributed by atoms with E-state index < -0.39 is 17.8 Å². The number of nitrogens with one attached hydrogen (secondary N) is 1. The third-order valence-corrected chi connectivity index (χ3v) is 4.37. The lowest BCUT2D eigenvalue weighted by Crippen LogP contribution is -2.47. The first-order valence-electron chi connectivity index (χ1n) is 8.56. The smallest absolute Gasteiger partial charge is 0.353 e. The van der Waals surface area contributed by atoms with E-state index in [-0.39, 0.29) is 30.3 Å². The topological polar surface area (TPSA) is 58.4 Å². The van der Waals surface area contributed by atoms with Crippen molar-refractivity contribution in [1.29, 1.82) is 0 Å². The number of amides is 1. The molecule has 1 rings (SSSR count). The summed E-state index contributed by atoms with van der Waals surface area (Å²) in [6, 6.07) is 4.28. The quantitative estimate of drug-likeness (QED) is 0.707. The highest BCUT2D eigenvalue weighted by Crippen LogP contribution is 2.30. The first-order valence-corrected chi connectivity index (χ1v) is 8.56. The number of nitrogens with two attached hydrogens (primary N) is 1. The van der Waals surface area contributed by atoms with Gasteiger partial charge in [0.05, 0.1) is 17.6 Å². The van der Waals surface area contributed by atoms with E-state index in [1.165, 1.54) is 12.1 Å². The molecule has 8 heteroatoms. The summed E-state index contributed by atoms with van der Waals surface area (Å²) < 4.78 is 38.2. The molecule has 150 valence electrons. The van der Waals surface area contributed by atoms with Gasteiger partial charge in [-0.1, -0.05) is 39.8 Å². The molecule has 4 nitrogen and oxygen atoms in total. The Morgan fingerprint density at radius 3 is 2.04 bits per heavy atom. The third kappa shape index (κ3) is 6.78. The number of carbonyl (C=O) groups is 1. The van der Waals surface area contributed by atoms with Crippen LogP contribution in [0.1, 0.15) is 44.9 Å². The van der Waals surface area contributed by atoms with Gasteiger partial charge in [-0.15, -0.1) is 12.4 Å². The molecule has 0 bridgehead atoms. The van der Waals surface area contributed by atoms with Gasteiger partial charge in [0.15, 0.2) is 0 Å². The zero-order valence-corrected chi connectivity index (χ0v) is 16.5. The molecular weight excluding hydrogens is 367 g/mol. The number of alkyl halides is 3. The maximum absolute atomic E-state index is 12.7. The van der Waals surface area contributed by atoms with Gasteiger partial charge in [0, 0.05) is 6.54 Å². The number of carbonyl (C=O) groups excluding carboxylic acids is 1. The first kappa shape index (κ1) is 24.7. The van der Waals surface area contributed by atoms with Gasteiger partial charge < -0.3 is 11.1 Å². The average molecular weight is 396 g/mol. The highest BCUT2D eigenvalue weighted by Gasteiger charge is 2.30. The van der Waals surface area contributed by atoms with E-state index in [2.05, 4.69) is 10.2 Å². The number of likely N-dealkylation sites (N-methyl/N-ethyl adjacent to an activating group) is 1. The zero-order chi connectivity index (χ0) is 19.2. The van der Waals surface area contributed by atoms with Crippen molar-refractivity contribution in [2.24, 2.45) is 11.7 Å². The monoisotopic (exact) mass is 395 g/mol. The van der Waals surface area contributed by atoms with E-state index in [1.807, 2.05) is 27.7 Å². The molecule has 26 heavy (non-hydrogen) atoms. The molecule has 0 saturated heterocycles. The predicted molar refractivity (Wildman–Crippen MR) is 100 cm³/mol. The highest BCUT2D eigenvalue weighted by atomic mass is 35.5. The van der Waals surface area contributed by atoms with Crippen LogP contribution >= 0.6 is 12.4 Å². The Morgan fingerprint density at radius 2 is 1.65 bits per heavy atom. The van der Waals surface area contributed by atoms with Gasteiger partial charge in [-0.3, -0.25) is 9.69 Å². The van der Waals surface area contributed by atoms with Gasteiger partial charge in [0.25, 0.3) is 0 Å². The Morgan fingerprint density at radius 1 is 1.15 bits per heavy atom. The summed E-state index contributed by atoms with van der Waals surface area (Å²) in [6.45, 7) is 9.41. The van der Waals surface area contributed by atoms with E-state index in [0.717, 1.165) is 17.7 Å². The van der Waals surface area contributed by atoms with Crippen molar-refractivity contribution in [3.63, 3.8) is 0 Å². The van der Waals surface area contributed by atoms with Crippen LogP contribution in [0.2, 0.25) is 0 Å². The Bertz CT molecular complexity index is 546. The van der Waals surface area contributed by atoms with Crippen molar-refractivity contribution < 1.29 is 18.0 Å². The fourth-order valence-corrected chi connectivity index (χ4v) is 2.63. The zero-order valence-electron chi connectivity index (χ0n) is 15.6. The molecule has 1 aromatic carbocycles. The van der Waals surface area contributed by atoms with Crippen LogP contribution in [-0.2, 0) is 11.0 Å². The Labute approximate surface area is 159 Å². The van der Waals surface area contributed by atoms with Gasteiger partial charge in [0.2, 0.25) is 5.91 Å². The van der Waals surface area contributed by atoms with Gasteiger partial charge in [-0.05, 0) is 36.7 Å². The molecule has 0 spiro atoms. The molecule has 0 aliphatic carbocycles. The maximum atomic E-state index is 12.7. The van der Waals surface area contributed by atoms with Crippen LogP contribution in [0.15, 0.2) is 24.3 Å². The lowest BCUT2D eigenvalue weighted by Gasteiger charge is -2.31. The second-order valence-corrected chi connectivity index (χ2v) is 6.37. The van der Waals surface area contributed by atoms with Gasteiger partial charge in [0.1, 0.15) is 0 Å². The van der Waals surface area contributed by atoms with Gasteiger partial charge in [-0.25, -0.2) is 0 Å². The minimum absolute atomic E-state index is 0. The summed E-state index contributed by atoms with van der Waals surface area (Å²) in [5, 5.41) is 2.83. The molecule has 1 amide bonds. The molecule has 0 radical (unpaired) electrons. The normalized spacial score (nSPS) is 14.1. The van der Waals surface area contributed by atoms with Crippen LogP contribution in [-0.4, -0.2) is 36.5 Å². The van der Waals surface area contributed by atoms with Crippen molar-refractivity contribution in [2.45, 2.75) is 46.0 Å². The van der Waals surface area contributed by atoms with E-state index in [0.29, 0.717) is 19.6 Å². The Kier molecular flexibility index (Phi) is 10.2. The van der Waals surface area contributed by atoms with Crippen molar-refractivity contribution in [1.82, 2.24) is 10.2 Å². The largest absolute Gasteiger partial charge is 0.416 e. The van der Waals surface area contributed by atoms with Crippen molar-refractivity contribution in [3.8, 4) is 0 Å². The summed E-state index contributed by atoms with van der Waals surface area (Å²) in [4.78, 5) is 14.2. The van der Waals surface area contributed by atoms with E-state index in [9.17, 15) is 18.0 Å². The molecule has 0 saturated carbocycles. The number of hydrogen-bond donors (Lipinski definition) is 2. The molecule has 2 atom stereocenters. The summed E-state index contributed by atoms with van der Waals surface area (Å²) in [5.74, 6) is -0.239. The fourth-order valence-electron chi connectivity index (χ4n) is 2.63. The van der Waals surface area contributed by atoms with Crippen LogP contribution in [0.4, 0.5) is 13.2 Å². The fraction of sp³-hybridized carbons (Fsp3) is 0.611. The van der Waals surface area contributed by atoms with Crippen molar-refractivity contribution in [2.75, 3.05) is 19.6 Å². The standard InChI is InChI=1S/C18H28F3N3O.ClH/c1-5-24(6-2)15(11-23-17(25)16(22)12(3)4)13-7-9-14(10-8-13)18(19,20)21;/h7-10,12,15-16H,5-6,11,22H2,1-4H3,(H,23,25);1H/t15?,16-;/m0./s1. The van der Waals surface area contributed by atoms with E-state index in [1.54, 1.807) is 0 Å². The predicted octanol–water partition coefficient (Wildman–Crippen LogP) is 3.61. The molecule has 1 aromatic rings. The number of nitrogens with zero attached hydrogens (tertiary/aromatic N) is 1. The van der Waals surface area contributed by atoms with Crippen LogP contribution in [0.5, 0.6) is 0 Å². The van der Waals surface area contributed by atoms with Crippen molar-refractivity contribution in [3.05, 3.63) is 35.4 Å². The molecule has 0 aliphatic rings. The summed E-state index contributed by atoms with van der Waals surface area (Å²) in [7, 11) is 0. The second kappa shape index (κ2) is 10.7. The van der Waals surface area contributed by atoms with E-state index in [4.69, 9.17) is 5.73 Å². The first-order chi connectivity index (χ1) is 11.6. The summed E-state index contributed by atoms with van der Waals surface area (Å²) in [6.07, 6.45) is -4.36. The molecule has 0 heterocycles. The summed E-state index contributed by atoms with van der Waals surface area (Å²) in [5.41, 5.74) is 5.89. The Balaban J connectivity index is 0.00000625. The highest BCUT2D eigenvalue weighted by molar-refractivity contribution is 5.85. The minimum Gasteiger partial charge on any atom is -0.353 e. The molecular formula is C18H29ClF3N3O. The SMILES string of the molecule is CCN(CC)C(CNC(=O)[C@@H](N)C(C)C)c1ccc(C(F)(F)F)cc1.Cl. The minimum atomic E-state index is -4.36. The molecule has 0 fully saturated rings. The summed E-state index contributed by atoms with van der Waals surface area (Å²) >= 11 is 0. The number of hydrogen-bond acceptors (Lipinski definition) is 3. The molecule has 3 N–H and O–H groups in total. The molecule has 1 unspecified atom stereocenters. The van der Waals surface area contributed by atoms with E-state index >= 15 is 0 Å². The number of rotatable bonds is 8. The number of halogens is 4. The van der Waals surface area contributed by atoms with Crippen LogP contribution in [0, 0.1) is 5.92 Å². The maximum Gasteiger partial charge on any atom is 0.416 e. The third-order valence-electron chi connectivity index (χ3n) is 4.37. The second-order valence-electron chi connectivity index (χ2n) is 6.37. The van der Waals surface area contributed by atoms with Crippen LogP contribution in [0.25, 0.3) is 0 Å². The average Bonchev–Trinajstić information content (AvgIpc) is 2.56. The van der Waals surface area contributed by atoms with Crippen LogP contribution in [0.3, 0.4) is 0 Å². The van der Waals surface area contributed by atoms with Gasteiger partial charge >= 0.3 is 6.18 Å². The lowest BCUT2D eigenvalue weighted by molar-refractivity contribution is -0.137. The van der Waals surface area contributed by atoms with Crippen molar-refractivity contribution >= 4 is 18.3 Å². The van der Waals surface area contributed by atoms with Gasteiger partial charge in [-0.2, -0.15) is 13.2 Å². The Hall–Kier alpha value is -1.31.